The molecule has 2 nitrogen and oxygen atoms in total. The number of aryl methyl sites for hydroxylation is 2. The number of thiophene rings is 1. The topological polar surface area (TPSA) is 21.3 Å². The number of hydrogen-bond acceptors (Lipinski definition) is 3. The van der Waals surface area contributed by atoms with E-state index in [2.05, 4.69) is 39.1 Å². The zero-order valence-corrected chi connectivity index (χ0v) is 12.1. The van der Waals surface area contributed by atoms with Crippen LogP contribution in [0.5, 0.6) is 0 Å². The second-order valence-electron chi connectivity index (χ2n) is 5.27. The van der Waals surface area contributed by atoms with Crippen molar-refractivity contribution in [2.75, 3.05) is 13.2 Å². The number of rotatable bonds is 4. The lowest BCUT2D eigenvalue weighted by molar-refractivity contribution is 0.0899. The van der Waals surface area contributed by atoms with Crippen molar-refractivity contribution in [2.24, 2.45) is 5.92 Å². The molecule has 2 atom stereocenters. The van der Waals surface area contributed by atoms with Crippen LogP contribution in [0.3, 0.4) is 0 Å². The van der Waals surface area contributed by atoms with Gasteiger partial charge in [0.25, 0.3) is 0 Å². The maximum atomic E-state index is 5.94. The third-order valence-electron chi connectivity index (χ3n) is 3.39. The van der Waals surface area contributed by atoms with Crippen LogP contribution in [0.2, 0.25) is 0 Å². The van der Waals surface area contributed by atoms with Gasteiger partial charge >= 0.3 is 0 Å². The molecule has 0 spiro atoms. The summed E-state index contributed by atoms with van der Waals surface area (Å²) in [4.78, 5) is 2.81. The second kappa shape index (κ2) is 5.51. The quantitative estimate of drug-likeness (QED) is 0.887. The van der Waals surface area contributed by atoms with Gasteiger partial charge in [-0.1, -0.05) is 13.8 Å². The second-order valence-corrected chi connectivity index (χ2v) is 6.73. The zero-order valence-electron chi connectivity index (χ0n) is 11.2. The Bertz CT molecular complexity index is 372. The molecular formula is C14H23NOS. The molecule has 2 rings (SSSR count). The van der Waals surface area contributed by atoms with Gasteiger partial charge in [0.2, 0.25) is 0 Å². The summed E-state index contributed by atoms with van der Waals surface area (Å²) >= 11 is 1.88. The minimum Gasteiger partial charge on any atom is -0.373 e. The molecule has 1 aromatic heterocycles. The monoisotopic (exact) mass is 253 g/mol. The Hall–Kier alpha value is -0.380. The van der Waals surface area contributed by atoms with Gasteiger partial charge in [0, 0.05) is 34.9 Å². The smallest absolute Gasteiger partial charge is 0.0876 e. The largest absolute Gasteiger partial charge is 0.373 e. The van der Waals surface area contributed by atoms with E-state index in [9.17, 15) is 0 Å². The summed E-state index contributed by atoms with van der Waals surface area (Å²) < 4.78 is 5.94. The van der Waals surface area contributed by atoms with Crippen LogP contribution in [0.4, 0.5) is 0 Å². The molecule has 0 amide bonds. The highest BCUT2D eigenvalue weighted by Crippen LogP contribution is 2.38. The predicted octanol–water partition coefficient (Wildman–Crippen LogP) is 3.44. The minimum absolute atomic E-state index is 0.311. The first-order chi connectivity index (χ1) is 8.08. The van der Waals surface area contributed by atoms with Crippen LogP contribution in [0.25, 0.3) is 0 Å². The molecular weight excluding hydrogens is 230 g/mol. The third kappa shape index (κ3) is 3.09. The molecule has 3 heteroatoms. The van der Waals surface area contributed by atoms with Gasteiger partial charge in [-0.3, -0.25) is 0 Å². The van der Waals surface area contributed by atoms with Crippen LogP contribution < -0.4 is 5.32 Å². The molecule has 1 aliphatic rings. The Morgan fingerprint density at radius 1 is 1.47 bits per heavy atom. The highest BCUT2D eigenvalue weighted by atomic mass is 32.1. The van der Waals surface area contributed by atoms with Crippen LogP contribution in [0, 0.1) is 19.8 Å². The Morgan fingerprint density at radius 2 is 2.24 bits per heavy atom. The molecule has 1 aromatic rings. The molecule has 1 saturated heterocycles. The van der Waals surface area contributed by atoms with Crippen molar-refractivity contribution in [1.29, 1.82) is 0 Å². The van der Waals surface area contributed by atoms with E-state index in [1.54, 1.807) is 0 Å². The summed E-state index contributed by atoms with van der Waals surface area (Å²) in [7, 11) is 0. The van der Waals surface area contributed by atoms with Crippen molar-refractivity contribution < 1.29 is 4.74 Å². The van der Waals surface area contributed by atoms with Crippen LogP contribution in [0.15, 0.2) is 6.07 Å². The fourth-order valence-electron chi connectivity index (χ4n) is 2.51. The van der Waals surface area contributed by atoms with E-state index in [-0.39, 0.29) is 0 Å². The molecule has 17 heavy (non-hydrogen) atoms. The summed E-state index contributed by atoms with van der Waals surface area (Å²) in [5.74, 6) is 0.630. The number of nitrogens with one attached hydrogen (secondary N) is 1. The lowest BCUT2D eigenvalue weighted by Gasteiger charge is -2.20. The van der Waals surface area contributed by atoms with Gasteiger partial charge in [0.1, 0.15) is 0 Å². The van der Waals surface area contributed by atoms with E-state index in [4.69, 9.17) is 4.74 Å². The van der Waals surface area contributed by atoms with Crippen molar-refractivity contribution in [3.8, 4) is 0 Å². The van der Waals surface area contributed by atoms with Crippen molar-refractivity contribution in [1.82, 2.24) is 5.32 Å². The standard InChI is InChI=1S/C14H23NOS/c1-9(2)15-8-12-5-6-16-14(12)13-7-10(3)17-11(13)4/h7,9,12,14-15H,5-6,8H2,1-4H3. The van der Waals surface area contributed by atoms with E-state index in [0.29, 0.717) is 18.1 Å². The average Bonchev–Trinajstić information content (AvgIpc) is 2.81. The van der Waals surface area contributed by atoms with Gasteiger partial charge in [-0.25, -0.2) is 0 Å². The Kier molecular flexibility index (Phi) is 4.23. The molecule has 1 aliphatic heterocycles. The molecule has 0 aliphatic carbocycles. The molecule has 0 bridgehead atoms. The zero-order chi connectivity index (χ0) is 12.4. The van der Waals surface area contributed by atoms with Gasteiger partial charge in [0.15, 0.2) is 0 Å². The number of hydrogen-bond donors (Lipinski definition) is 1. The van der Waals surface area contributed by atoms with Gasteiger partial charge in [-0.15, -0.1) is 11.3 Å². The first-order valence-corrected chi connectivity index (χ1v) is 7.31. The highest BCUT2D eigenvalue weighted by Gasteiger charge is 2.31. The summed E-state index contributed by atoms with van der Waals surface area (Å²) in [5, 5.41) is 3.54. The fourth-order valence-corrected chi connectivity index (χ4v) is 3.47. The summed E-state index contributed by atoms with van der Waals surface area (Å²) in [6.07, 6.45) is 1.49. The molecule has 2 heterocycles. The highest BCUT2D eigenvalue weighted by molar-refractivity contribution is 7.12. The van der Waals surface area contributed by atoms with E-state index in [1.165, 1.54) is 21.7 Å². The van der Waals surface area contributed by atoms with Crippen LogP contribution in [-0.4, -0.2) is 19.2 Å². The van der Waals surface area contributed by atoms with Crippen molar-refractivity contribution in [3.63, 3.8) is 0 Å². The van der Waals surface area contributed by atoms with Gasteiger partial charge in [0.05, 0.1) is 6.10 Å². The lowest BCUT2D eigenvalue weighted by Crippen LogP contribution is -2.30. The normalized spacial score (nSPS) is 24.8. The van der Waals surface area contributed by atoms with E-state index in [0.717, 1.165) is 13.2 Å². The van der Waals surface area contributed by atoms with Gasteiger partial charge < -0.3 is 10.1 Å². The molecule has 2 unspecified atom stereocenters. The maximum absolute atomic E-state index is 5.94. The molecule has 1 fully saturated rings. The predicted molar refractivity (Wildman–Crippen MR) is 73.7 cm³/mol. The minimum atomic E-state index is 0.311. The van der Waals surface area contributed by atoms with Gasteiger partial charge in [-0.2, -0.15) is 0 Å². The fraction of sp³-hybridized carbons (Fsp3) is 0.714. The third-order valence-corrected chi connectivity index (χ3v) is 4.37. The van der Waals surface area contributed by atoms with Crippen molar-refractivity contribution in [2.45, 2.75) is 46.3 Å². The SMILES string of the molecule is Cc1cc(C2OCCC2CNC(C)C)c(C)s1. The molecule has 96 valence electrons. The average molecular weight is 253 g/mol. The molecule has 0 saturated carbocycles. The molecule has 0 aromatic carbocycles. The summed E-state index contributed by atoms with van der Waals surface area (Å²) in [6, 6.07) is 2.86. The molecule has 0 radical (unpaired) electrons. The Morgan fingerprint density at radius 3 is 2.82 bits per heavy atom. The molecule has 1 N–H and O–H groups in total. The van der Waals surface area contributed by atoms with E-state index < -0.39 is 0 Å². The summed E-state index contributed by atoms with van der Waals surface area (Å²) in [5.41, 5.74) is 1.42. The van der Waals surface area contributed by atoms with Crippen molar-refractivity contribution >= 4 is 11.3 Å². The van der Waals surface area contributed by atoms with Crippen LogP contribution in [0.1, 0.15) is 41.7 Å². The van der Waals surface area contributed by atoms with Gasteiger partial charge in [-0.05, 0) is 31.9 Å². The first-order valence-electron chi connectivity index (χ1n) is 6.50. The number of ether oxygens (including phenoxy) is 1. The van der Waals surface area contributed by atoms with E-state index >= 15 is 0 Å². The Balaban J connectivity index is 2.06. The first kappa shape index (κ1) is 13.1. The Labute approximate surface area is 108 Å². The van der Waals surface area contributed by atoms with Crippen molar-refractivity contribution in [3.05, 3.63) is 21.4 Å². The summed E-state index contributed by atoms with van der Waals surface area (Å²) in [6.45, 7) is 10.8. The van der Waals surface area contributed by atoms with Crippen LogP contribution >= 0.6 is 11.3 Å². The lowest BCUT2D eigenvalue weighted by atomic mass is 9.95. The van der Waals surface area contributed by atoms with E-state index in [1.807, 2.05) is 11.3 Å². The van der Waals surface area contributed by atoms with Crippen LogP contribution in [-0.2, 0) is 4.74 Å². The maximum Gasteiger partial charge on any atom is 0.0876 e.